The number of fused-ring (bicyclic) bond motifs is 4. The quantitative estimate of drug-likeness (QED) is 0.340. The number of nitrogens with zero attached hydrogens (tertiary/aromatic N) is 4. The van der Waals surface area contributed by atoms with Gasteiger partial charge in [0.15, 0.2) is 0 Å². The van der Waals surface area contributed by atoms with Crippen molar-refractivity contribution < 1.29 is 12.8 Å². The van der Waals surface area contributed by atoms with Gasteiger partial charge in [0.1, 0.15) is 0 Å². The molecule has 0 amide bonds. The molecule has 0 atom stereocenters. The van der Waals surface area contributed by atoms with Crippen molar-refractivity contribution in [3.8, 4) is 22.6 Å². The minimum Gasteiger partial charge on any atom is -0.423 e. The maximum absolute atomic E-state index is 12.1. The van der Waals surface area contributed by atoms with E-state index in [1.807, 2.05) is 66.7 Å². The molecular formula is C26H18N4O3S. The fourth-order valence-electron chi connectivity index (χ4n) is 3.61. The van der Waals surface area contributed by atoms with Crippen LogP contribution in [0.25, 0.3) is 22.6 Å². The zero-order valence-corrected chi connectivity index (χ0v) is 18.6. The van der Waals surface area contributed by atoms with E-state index in [4.69, 9.17) is 4.42 Å². The molecule has 0 saturated heterocycles. The van der Waals surface area contributed by atoms with Crippen molar-refractivity contribution in [1.29, 1.82) is 0 Å². The van der Waals surface area contributed by atoms with Crippen LogP contribution in [0.5, 0.6) is 0 Å². The molecule has 7 rings (SSSR count). The summed E-state index contributed by atoms with van der Waals surface area (Å²) in [7, 11) is -3.26. The van der Waals surface area contributed by atoms with Gasteiger partial charge < -0.3 is 4.42 Å². The molecule has 3 aliphatic rings. The highest BCUT2D eigenvalue weighted by Crippen LogP contribution is 2.42. The van der Waals surface area contributed by atoms with Crippen molar-refractivity contribution in [1.82, 2.24) is 10.2 Å². The third-order valence-electron chi connectivity index (χ3n) is 5.18. The van der Waals surface area contributed by atoms with Gasteiger partial charge in [-0.3, -0.25) is 9.98 Å². The summed E-state index contributed by atoms with van der Waals surface area (Å²) in [5, 5.41) is 7.35. The predicted octanol–water partition coefficient (Wildman–Crippen LogP) is 5.16. The van der Waals surface area contributed by atoms with Gasteiger partial charge in [-0.1, -0.05) is 54.6 Å². The topological polar surface area (TPSA) is 97.8 Å². The van der Waals surface area contributed by atoms with Gasteiger partial charge in [-0.15, -0.1) is 10.2 Å². The molecule has 0 fully saturated rings. The molecule has 3 aliphatic heterocycles. The molecule has 4 aromatic rings. The van der Waals surface area contributed by atoms with Crippen LogP contribution in [0, 0.1) is 0 Å². The molecule has 0 spiro atoms. The minimum absolute atomic E-state index is 0.422. The molecule has 0 bridgehead atoms. The van der Waals surface area contributed by atoms with Gasteiger partial charge in [0.2, 0.25) is 22.1 Å². The number of allylic oxidation sites excluding steroid dienone is 2. The van der Waals surface area contributed by atoms with E-state index in [2.05, 4.69) is 20.2 Å². The number of aromatic nitrogens is 2. The van der Waals surface area contributed by atoms with Crippen LogP contribution in [-0.4, -0.2) is 31.0 Å². The summed E-state index contributed by atoms with van der Waals surface area (Å²) in [5.74, 6) is 0.561. The van der Waals surface area contributed by atoms with Crippen molar-refractivity contribution in [2.24, 2.45) is 9.98 Å². The van der Waals surface area contributed by atoms with Crippen LogP contribution in [-0.2, 0) is 9.84 Å². The van der Waals surface area contributed by atoms with E-state index in [-0.39, 0.29) is 0 Å². The number of sulfone groups is 1. The van der Waals surface area contributed by atoms with Crippen molar-refractivity contribution in [2.45, 2.75) is 9.79 Å². The molecule has 0 unspecified atom stereocenters. The zero-order chi connectivity index (χ0) is 23.4. The lowest BCUT2D eigenvalue weighted by Crippen LogP contribution is -1.95. The number of rotatable bonds is 1. The molecule has 3 aromatic carbocycles. The summed E-state index contributed by atoms with van der Waals surface area (Å²) < 4.78 is 29.1. The van der Waals surface area contributed by atoms with Crippen molar-refractivity contribution in [3.05, 3.63) is 109 Å². The number of aliphatic imine (C=N–C) groups is 2. The normalized spacial score (nSPS) is 15.1. The second-order valence-electron chi connectivity index (χ2n) is 7.27. The maximum Gasteiger partial charge on any atom is 0.247 e. The Balaban J connectivity index is 0.000000112. The van der Waals surface area contributed by atoms with E-state index < -0.39 is 9.84 Å². The summed E-state index contributed by atoms with van der Waals surface area (Å²) in [6.07, 6.45) is 8.64. The fraction of sp³-hybridized carbons (Fsp3) is 0. The van der Waals surface area contributed by atoms with Gasteiger partial charge >= 0.3 is 0 Å². The molecule has 166 valence electrons. The number of benzene rings is 3. The van der Waals surface area contributed by atoms with E-state index in [1.165, 1.54) is 6.39 Å². The molecule has 7 nitrogen and oxygen atoms in total. The van der Waals surface area contributed by atoms with Crippen LogP contribution in [0.4, 0.5) is 0 Å². The zero-order valence-electron chi connectivity index (χ0n) is 17.8. The highest BCUT2D eigenvalue weighted by Gasteiger charge is 2.31. The van der Waals surface area contributed by atoms with Crippen LogP contribution in [0.3, 0.4) is 0 Å². The van der Waals surface area contributed by atoms with Crippen LogP contribution >= 0.6 is 0 Å². The summed E-state index contributed by atoms with van der Waals surface area (Å²) in [5.41, 5.74) is 4.56. The molecule has 8 heteroatoms. The Hall–Kier alpha value is -4.43. The van der Waals surface area contributed by atoms with Crippen LogP contribution < -0.4 is 0 Å². The maximum atomic E-state index is 12.1. The number of hydrogen-bond donors (Lipinski definition) is 0. The molecule has 0 radical (unpaired) electrons. The smallest absolute Gasteiger partial charge is 0.247 e. The van der Waals surface area contributed by atoms with E-state index in [0.717, 1.165) is 28.1 Å². The lowest BCUT2D eigenvalue weighted by Gasteiger charge is -1.95. The SMILES string of the molecule is C1=NC2=CC=NC2=C1.O=S1(=O)c2ccccc2-c2ccccc21.c1ccc(-c2nnco2)cc1. The largest absolute Gasteiger partial charge is 0.423 e. The Morgan fingerprint density at radius 3 is 1.71 bits per heavy atom. The van der Waals surface area contributed by atoms with Gasteiger partial charge in [0, 0.05) is 29.1 Å². The molecule has 4 heterocycles. The van der Waals surface area contributed by atoms with E-state index in [0.29, 0.717) is 15.7 Å². The first-order chi connectivity index (χ1) is 16.6. The molecule has 0 saturated carbocycles. The van der Waals surface area contributed by atoms with Gasteiger partial charge in [-0.25, -0.2) is 8.42 Å². The molecule has 34 heavy (non-hydrogen) atoms. The summed E-state index contributed by atoms with van der Waals surface area (Å²) in [6, 6.07) is 23.9. The van der Waals surface area contributed by atoms with E-state index in [9.17, 15) is 8.42 Å². The monoisotopic (exact) mass is 466 g/mol. The minimum atomic E-state index is -3.26. The Morgan fingerprint density at radius 1 is 0.647 bits per heavy atom. The van der Waals surface area contributed by atoms with Crippen molar-refractivity contribution >= 4 is 22.3 Å². The molecule has 0 N–H and O–H groups in total. The second kappa shape index (κ2) is 9.21. The first-order valence-corrected chi connectivity index (χ1v) is 11.9. The van der Waals surface area contributed by atoms with Crippen LogP contribution in [0.15, 0.2) is 133 Å². The lowest BCUT2D eigenvalue weighted by molar-refractivity contribution is 0.568. The Kier molecular flexibility index (Phi) is 5.80. The van der Waals surface area contributed by atoms with Gasteiger partial charge in [-0.2, -0.15) is 0 Å². The Labute approximate surface area is 196 Å². The molecular weight excluding hydrogens is 448 g/mol. The summed E-state index contributed by atoms with van der Waals surface area (Å²) >= 11 is 0. The van der Waals surface area contributed by atoms with Crippen molar-refractivity contribution in [2.75, 3.05) is 0 Å². The average Bonchev–Trinajstić information content (AvgIpc) is 3.67. The first-order valence-electron chi connectivity index (χ1n) is 10.4. The highest BCUT2D eigenvalue weighted by atomic mass is 32.2. The molecule has 0 aliphatic carbocycles. The van der Waals surface area contributed by atoms with Gasteiger partial charge in [0.25, 0.3) is 0 Å². The highest BCUT2D eigenvalue weighted by molar-refractivity contribution is 7.92. The van der Waals surface area contributed by atoms with Crippen LogP contribution in [0.1, 0.15) is 0 Å². The third-order valence-corrected chi connectivity index (χ3v) is 7.05. The van der Waals surface area contributed by atoms with Crippen LogP contribution in [0.2, 0.25) is 0 Å². The van der Waals surface area contributed by atoms with E-state index in [1.54, 1.807) is 36.7 Å². The Morgan fingerprint density at radius 2 is 1.18 bits per heavy atom. The van der Waals surface area contributed by atoms with Gasteiger partial charge in [0.05, 0.1) is 21.2 Å². The molecule has 1 aromatic heterocycles. The summed E-state index contributed by atoms with van der Waals surface area (Å²) in [6.45, 7) is 0. The Bertz CT molecular complexity index is 1480. The fourth-order valence-corrected chi connectivity index (χ4v) is 5.30. The first kappa shape index (κ1) is 21.4. The van der Waals surface area contributed by atoms with Gasteiger partial charge in [-0.05, 0) is 36.4 Å². The average molecular weight is 467 g/mol. The predicted molar refractivity (Wildman–Crippen MR) is 130 cm³/mol. The number of hydrogen-bond acceptors (Lipinski definition) is 7. The second-order valence-corrected chi connectivity index (χ2v) is 9.15. The lowest BCUT2D eigenvalue weighted by atomic mass is 10.1. The third kappa shape index (κ3) is 4.14. The van der Waals surface area contributed by atoms with E-state index >= 15 is 0 Å². The van der Waals surface area contributed by atoms with Crippen molar-refractivity contribution in [3.63, 3.8) is 0 Å². The standard InChI is InChI=1S/C12H8O2S.C8H6N2O.C6H4N2/c13-15(14)11-7-3-1-5-9(11)10-6-2-4-8-12(10)15;1-2-4-7(5-3-1)8-10-9-6-11-8;1-3-7-6-2-4-8-5(1)6/h1-8H;1-6H;1-4H. The summed E-state index contributed by atoms with van der Waals surface area (Å²) in [4.78, 5) is 8.88.